The van der Waals surface area contributed by atoms with Crippen LogP contribution < -0.4 is 11.1 Å². The summed E-state index contributed by atoms with van der Waals surface area (Å²) < 4.78 is 26.4. The van der Waals surface area contributed by atoms with Gasteiger partial charge in [-0.05, 0) is 37.3 Å². The molecule has 144 valence electrons. The van der Waals surface area contributed by atoms with Gasteiger partial charge in [0.15, 0.2) is 10.8 Å². The van der Waals surface area contributed by atoms with Crippen molar-refractivity contribution in [2.45, 2.75) is 50.2 Å². The number of hydrogen-bond donors (Lipinski definition) is 2. The van der Waals surface area contributed by atoms with Gasteiger partial charge in [0.1, 0.15) is 0 Å². The van der Waals surface area contributed by atoms with Crippen molar-refractivity contribution in [1.82, 2.24) is 14.6 Å². The molecule has 1 aliphatic heterocycles. The molecule has 0 saturated carbocycles. The first-order valence-corrected chi connectivity index (χ1v) is 10.2. The van der Waals surface area contributed by atoms with Crippen LogP contribution in [0.25, 0.3) is 0 Å². The molecule has 2 heterocycles. The van der Waals surface area contributed by atoms with Gasteiger partial charge in [0.05, 0.1) is 18.6 Å². The van der Waals surface area contributed by atoms with Crippen LogP contribution in [0.15, 0.2) is 29.4 Å². The van der Waals surface area contributed by atoms with Gasteiger partial charge in [-0.2, -0.15) is 4.31 Å². The van der Waals surface area contributed by atoms with Gasteiger partial charge in [0.25, 0.3) is 10.0 Å². The number of rotatable bonds is 6. The van der Waals surface area contributed by atoms with Gasteiger partial charge in [-0.25, -0.2) is 13.4 Å². The third kappa shape index (κ3) is 5.09. The third-order valence-electron chi connectivity index (χ3n) is 4.24. The Kier molecular flexibility index (Phi) is 6.85. The first-order valence-electron chi connectivity index (χ1n) is 8.71. The molecule has 1 aromatic heterocycles. The van der Waals surface area contributed by atoms with E-state index in [0.29, 0.717) is 19.3 Å². The van der Waals surface area contributed by atoms with Crippen molar-refractivity contribution in [2.24, 2.45) is 11.7 Å². The summed E-state index contributed by atoms with van der Waals surface area (Å²) in [4.78, 5) is 28.5. The molecule has 1 fully saturated rings. The predicted octanol–water partition coefficient (Wildman–Crippen LogP) is 0.293. The van der Waals surface area contributed by atoms with Gasteiger partial charge in [-0.3, -0.25) is 9.59 Å². The first kappa shape index (κ1) is 20.5. The zero-order chi connectivity index (χ0) is 19.3. The highest BCUT2D eigenvalue weighted by molar-refractivity contribution is 7.89. The highest BCUT2D eigenvalue weighted by atomic mass is 32.2. The van der Waals surface area contributed by atoms with Crippen molar-refractivity contribution in [3.63, 3.8) is 0 Å². The molecule has 2 atom stereocenters. The van der Waals surface area contributed by atoms with Crippen LogP contribution in [0, 0.1) is 5.92 Å². The molecular formula is C17H26N4O4S. The van der Waals surface area contributed by atoms with Crippen LogP contribution in [0.1, 0.15) is 33.1 Å². The van der Waals surface area contributed by atoms with E-state index in [0.717, 1.165) is 4.31 Å². The van der Waals surface area contributed by atoms with Crippen molar-refractivity contribution in [3.05, 3.63) is 24.4 Å². The van der Waals surface area contributed by atoms with E-state index in [1.165, 1.54) is 12.3 Å². The summed E-state index contributed by atoms with van der Waals surface area (Å²) in [7, 11) is -3.84. The lowest BCUT2D eigenvalue weighted by molar-refractivity contribution is -0.128. The number of aromatic nitrogens is 1. The Morgan fingerprint density at radius 3 is 2.77 bits per heavy atom. The number of carbonyl (C=O) groups excluding carboxylic acids is 2. The summed E-state index contributed by atoms with van der Waals surface area (Å²) >= 11 is 0. The summed E-state index contributed by atoms with van der Waals surface area (Å²) in [6, 6.07) is 3.20. The van der Waals surface area contributed by atoms with Crippen LogP contribution in [0.5, 0.6) is 0 Å². The van der Waals surface area contributed by atoms with Crippen molar-refractivity contribution < 1.29 is 18.0 Å². The number of nitrogens with two attached hydrogens (primary N) is 1. The Morgan fingerprint density at radius 1 is 1.42 bits per heavy atom. The molecule has 0 aliphatic carbocycles. The summed E-state index contributed by atoms with van der Waals surface area (Å²) in [6.45, 7) is 3.84. The number of carbonyl (C=O) groups is 2. The van der Waals surface area contributed by atoms with E-state index in [9.17, 15) is 18.0 Å². The Bertz CT molecular complexity index is 736. The highest BCUT2D eigenvalue weighted by Crippen LogP contribution is 2.18. The molecule has 3 N–H and O–H groups in total. The highest BCUT2D eigenvalue weighted by Gasteiger charge is 2.34. The van der Waals surface area contributed by atoms with Gasteiger partial charge >= 0.3 is 0 Å². The fourth-order valence-electron chi connectivity index (χ4n) is 2.88. The molecule has 0 unspecified atom stereocenters. The molecule has 0 aromatic carbocycles. The Hall–Kier alpha value is -1.84. The lowest BCUT2D eigenvalue weighted by Gasteiger charge is -2.20. The van der Waals surface area contributed by atoms with Gasteiger partial charge < -0.3 is 11.1 Å². The Morgan fingerprint density at radius 2 is 2.15 bits per heavy atom. The van der Waals surface area contributed by atoms with Crippen LogP contribution in [0.3, 0.4) is 0 Å². The zero-order valence-electron chi connectivity index (χ0n) is 15.1. The van der Waals surface area contributed by atoms with Gasteiger partial charge in [0.2, 0.25) is 5.91 Å². The zero-order valence-corrected chi connectivity index (χ0v) is 15.9. The standard InChI is InChI=1S/C17H26N4O4S/c1-12(2)10-13(18)17(23)20-14-6-5-9-21(11-15(14)22)26(24,25)16-7-3-4-8-19-16/h3-4,7-8,12-14H,5-6,9-11,18H2,1-2H3,(H,20,23)/t13-,14-/m0/s1. The summed E-state index contributed by atoms with van der Waals surface area (Å²) in [5, 5.41) is 2.59. The minimum Gasteiger partial charge on any atom is -0.345 e. The van der Waals surface area contributed by atoms with Gasteiger partial charge in [0, 0.05) is 12.7 Å². The predicted molar refractivity (Wildman–Crippen MR) is 96.6 cm³/mol. The summed E-state index contributed by atoms with van der Waals surface area (Å²) in [5.41, 5.74) is 5.85. The maximum absolute atomic E-state index is 12.6. The number of nitrogens with one attached hydrogen (secondary N) is 1. The maximum Gasteiger partial charge on any atom is 0.260 e. The second-order valence-corrected chi connectivity index (χ2v) is 8.80. The molecule has 8 nitrogen and oxygen atoms in total. The van der Waals surface area contributed by atoms with E-state index in [-0.39, 0.29) is 35.7 Å². The average Bonchev–Trinajstić information content (AvgIpc) is 2.77. The number of sulfonamides is 1. The SMILES string of the molecule is CC(C)C[C@H](N)C(=O)N[C@H]1CCCN(S(=O)(=O)c2ccccn2)CC1=O. The first-order chi connectivity index (χ1) is 12.2. The molecule has 26 heavy (non-hydrogen) atoms. The van der Waals surface area contributed by atoms with E-state index in [2.05, 4.69) is 10.3 Å². The van der Waals surface area contributed by atoms with E-state index in [4.69, 9.17) is 5.73 Å². The van der Waals surface area contributed by atoms with Crippen LogP contribution in [-0.2, 0) is 19.6 Å². The third-order valence-corrected chi connectivity index (χ3v) is 6.00. The fraction of sp³-hybridized carbons (Fsp3) is 0.588. The monoisotopic (exact) mass is 382 g/mol. The molecule has 0 spiro atoms. The number of hydrogen-bond acceptors (Lipinski definition) is 6. The largest absolute Gasteiger partial charge is 0.345 e. The topological polar surface area (TPSA) is 122 Å². The number of ketones is 1. The van der Waals surface area contributed by atoms with E-state index >= 15 is 0 Å². The normalized spacial score (nSPS) is 20.6. The quantitative estimate of drug-likeness (QED) is 0.729. The molecule has 1 aromatic rings. The van der Waals surface area contributed by atoms with Crippen molar-refractivity contribution >= 4 is 21.7 Å². The van der Waals surface area contributed by atoms with Crippen LogP contribution >= 0.6 is 0 Å². The van der Waals surface area contributed by atoms with E-state index in [1.807, 2.05) is 13.8 Å². The van der Waals surface area contributed by atoms with E-state index in [1.54, 1.807) is 12.1 Å². The number of amides is 1. The number of nitrogens with zero attached hydrogens (tertiary/aromatic N) is 2. The van der Waals surface area contributed by atoms with Crippen LogP contribution in [0.2, 0.25) is 0 Å². The Balaban J connectivity index is 2.05. The molecular weight excluding hydrogens is 356 g/mol. The average molecular weight is 382 g/mol. The van der Waals surface area contributed by atoms with Crippen molar-refractivity contribution in [2.75, 3.05) is 13.1 Å². The number of Topliss-reactive ketones (excluding diaryl/α,β-unsaturated/α-hetero) is 1. The lowest BCUT2D eigenvalue weighted by atomic mass is 10.0. The van der Waals surface area contributed by atoms with Gasteiger partial charge in [-0.1, -0.05) is 19.9 Å². The Labute approximate surface area is 154 Å². The second-order valence-electron chi connectivity index (χ2n) is 6.91. The number of pyridine rings is 1. The van der Waals surface area contributed by atoms with Crippen LogP contribution in [-0.4, -0.2) is 54.6 Å². The van der Waals surface area contributed by atoms with Crippen LogP contribution in [0.4, 0.5) is 0 Å². The molecule has 1 aliphatic rings. The van der Waals surface area contributed by atoms with E-state index < -0.39 is 22.1 Å². The molecule has 0 radical (unpaired) electrons. The van der Waals surface area contributed by atoms with Crippen molar-refractivity contribution in [1.29, 1.82) is 0 Å². The molecule has 9 heteroatoms. The smallest absolute Gasteiger partial charge is 0.260 e. The van der Waals surface area contributed by atoms with Gasteiger partial charge in [-0.15, -0.1) is 0 Å². The minimum absolute atomic E-state index is 0.0887. The molecule has 0 bridgehead atoms. The fourth-order valence-corrected chi connectivity index (χ4v) is 4.26. The second kappa shape index (κ2) is 8.70. The van der Waals surface area contributed by atoms with Crippen molar-refractivity contribution in [3.8, 4) is 0 Å². The minimum atomic E-state index is -3.84. The molecule has 2 rings (SSSR count). The maximum atomic E-state index is 12.6. The summed E-state index contributed by atoms with van der Waals surface area (Å²) in [5.74, 6) is -0.454. The summed E-state index contributed by atoms with van der Waals surface area (Å²) in [6.07, 6.45) is 2.76. The molecule has 1 amide bonds. The lowest BCUT2D eigenvalue weighted by Crippen LogP contribution is -2.50. The molecule has 1 saturated heterocycles.